The summed E-state index contributed by atoms with van der Waals surface area (Å²) in [6.45, 7) is 12.0. The van der Waals surface area contributed by atoms with Crippen LogP contribution in [-0.2, 0) is 42.3 Å². The lowest BCUT2D eigenvalue weighted by atomic mass is 9.78. The Kier molecular flexibility index (Phi) is 14.7. The van der Waals surface area contributed by atoms with Crippen LogP contribution in [-0.4, -0.2) is 75.7 Å². The van der Waals surface area contributed by atoms with Gasteiger partial charge < -0.3 is 29.4 Å². The van der Waals surface area contributed by atoms with Crippen molar-refractivity contribution in [2.45, 2.75) is 86.6 Å². The number of ether oxygens (including phenoxy) is 2. The Morgan fingerprint density at radius 2 is 1.29 bits per heavy atom. The number of benzene rings is 2. The Labute approximate surface area is 402 Å². The molecule has 6 aromatic heterocycles. The lowest BCUT2D eigenvalue weighted by Crippen LogP contribution is -2.41. The minimum Gasteiger partial charge on any atom is -0.493 e. The first-order chi connectivity index (χ1) is 31.8. The summed E-state index contributed by atoms with van der Waals surface area (Å²) >= 11 is 3.37. The van der Waals surface area contributed by atoms with E-state index in [9.17, 15) is 8.78 Å². The van der Waals surface area contributed by atoms with Crippen molar-refractivity contribution in [2.75, 3.05) is 23.8 Å². The number of nitrogens with zero attached hydrogens (tertiary/aromatic N) is 10. The van der Waals surface area contributed by atoms with E-state index in [2.05, 4.69) is 89.6 Å². The van der Waals surface area contributed by atoms with Crippen LogP contribution in [0.3, 0.4) is 0 Å². The Balaban J connectivity index is 0.000000155. The van der Waals surface area contributed by atoms with E-state index in [-0.39, 0.29) is 44.8 Å². The zero-order chi connectivity index (χ0) is 46.2. The topological polar surface area (TPSA) is 164 Å². The first-order valence-electron chi connectivity index (χ1n) is 21.4. The van der Waals surface area contributed by atoms with E-state index < -0.39 is 0 Å². The molecule has 1 fully saturated rings. The first kappa shape index (κ1) is 49.3. The van der Waals surface area contributed by atoms with Crippen LogP contribution >= 0.6 is 15.9 Å². The van der Waals surface area contributed by atoms with Crippen molar-refractivity contribution in [3.05, 3.63) is 136 Å². The molecule has 0 saturated carbocycles. The molecule has 68 heavy (non-hydrogen) atoms. The van der Waals surface area contributed by atoms with Crippen molar-refractivity contribution in [1.29, 1.82) is 0 Å². The number of hydrogen-bond donors (Lipinski definition) is 2. The van der Waals surface area contributed by atoms with Gasteiger partial charge in [-0.2, -0.15) is 0 Å². The third-order valence-corrected chi connectivity index (χ3v) is 12.8. The average molecular weight is 993 g/mol. The number of nitrogens with one attached hydrogen (secondary N) is 2. The van der Waals surface area contributed by atoms with Crippen LogP contribution in [0.15, 0.2) is 96.5 Å². The fraction of sp³-hybridized carbons (Fsp3) is 0.333. The Bertz CT molecular complexity index is 3060. The minimum absolute atomic E-state index is 0. The van der Waals surface area contributed by atoms with Gasteiger partial charge in [-0.25, -0.2) is 23.3 Å². The van der Waals surface area contributed by atoms with Gasteiger partial charge in [0.05, 0.1) is 28.9 Å². The second kappa shape index (κ2) is 20.3. The minimum atomic E-state index is -0.307. The van der Waals surface area contributed by atoms with E-state index in [1.54, 1.807) is 52.2 Å². The zero-order valence-corrected chi connectivity index (χ0v) is 38.8. The van der Waals surface area contributed by atoms with Gasteiger partial charge in [0.25, 0.3) is 0 Å². The summed E-state index contributed by atoms with van der Waals surface area (Å²) < 4.78 is 57.7. The van der Waals surface area contributed by atoms with Gasteiger partial charge in [-0.05, 0) is 86.9 Å². The zero-order valence-electron chi connectivity index (χ0n) is 37.2. The normalized spacial score (nSPS) is 14.8. The number of fused-ring (bicyclic) bond motifs is 4. The molecule has 11 rings (SSSR count). The molecule has 0 aliphatic carbocycles. The van der Waals surface area contributed by atoms with Crippen LogP contribution in [0.1, 0.15) is 70.5 Å². The summed E-state index contributed by atoms with van der Waals surface area (Å²) in [6.07, 6.45) is 11.7. The van der Waals surface area contributed by atoms with Gasteiger partial charge in [0.1, 0.15) is 48.4 Å². The van der Waals surface area contributed by atoms with E-state index in [0.29, 0.717) is 67.0 Å². The number of anilines is 2. The quantitative estimate of drug-likeness (QED) is 0.112. The van der Waals surface area contributed by atoms with Crippen molar-refractivity contribution in [3.8, 4) is 22.8 Å². The lowest BCUT2D eigenvalue weighted by molar-refractivity contribution is -0.660. The molecule has 0 unspecified atom stereocenters. The van der Waals surface area contributed by atoms with Crippen LogP contribution in [0.25, 0.3) is 22.6 Å². The van der Waals surface area contributed by atoms with Crippen molar-refractivity contribution >= 4 is 51.7 Å². The second-order valence-corrected chi connectivity index (χ2v) is 17.7. The van der Waals surface area contributed by atoms with Gasteiger partial charge in [0, 0.05) is 90.1 Å². The van der Waals surface area contributed by atoms with Crippen LogP contribution in [0, 0.1) is 18.6 Å². The van der Waals surface area contributed by atoms with Crippen molar-refractivity contribution < 1.29 is 32.1 Å². The van der Waals surface area contributed by atoms with Gasteiger partial charge in [0.2, 0.25) is 17.6 Å². The first-order valence-corrected chi connectivity index (χ1v) is 22.2. The molecule has 0 bridgehead atoms. The maximum Gasteiger partial charge on any atom is 0.496 e. The van der Waals surface area contributed by atoms with Crippen LogP contribution in [0.2, 0.25) is 0 Å². The molecular weight excluding hydrogens is 937 g/mol. The predicted octanol–water partition coefficient (Wildman–Crippen LogP) is 7.84. The molecule has 0 amide bonds. The molecule has 8 aromatic rings. The van der Waals surface area contributed by atoms with Crippen LogP contribution in [0.4, 0.5) is 20.7 Å². The molecule has 9 heterocycles. The predicted molar refractivity (Wildman–Crippen MR) is 260 cm³/mol. The number of aryl methyl sites for hydroxylation is 2. The smallest absolute Gasteiger partial charge is 0.493 e. The summed E-state index contributed by atoms with van der Waals surface area (Å²) in [5.74, 6) is 2.14. The summed E-state index contributed by atoms with van der Waals surface area (Å²) in [7, 11) is 1.66. The highest BCUT2D eigenvalue weighted by molar-refractivity contribution is 9.10. The van der Waals surface area contributed by atoms with E-state index in [1.807, 2.05) is 55.1 Å². The highest BCUT2D eigenvalue weighted by atomic mass is 79.9. The Hall–Kier alpha value is -6.64. The van der Waals surface area contributed by atoms with E-state index >= 15 is 0 Å². The number of rotatable bonds is 8. The monoisotopic (exact) mass is 991 g/mol. The summed E-state index contributed by atoms with van der Waals surface area (Å²) in [5, 5.41) is 22.5. The van der Waals surface area contributed by atoms with Gasteiger partial charge in [-0.1, -0.05) is 20.9 Å². The Morgan fingerprint density at radius 3 is 1.87 bits per heavy atom. The molecule has 3 aliphatic heterocycles. The van der Waals surface area contributed by atoms with E-state index in [0.717, 1.165) is 55.9 Å². The molecule has 0 atom stereocenters. The summed E-state index contributed by atoms with van der Waals surface area (Å²) in [5.41, 5.74) is 7.63. The molecule has 1 saturated heterocycles. The second-order valence-electron chi connectivity index (χ2n) is 16.8. The fourth-order valence-corrected chi connectivity index (χ4v) is 8.29. The number of aromatic nitrogens is 10. The van der Waals surface area contributed by atoms with Crippen molar-refractivity contribution in [2.24, 2.45) is 7.05 Å². The average Bonchev–Trinajstić information content (AvgIpc) is 4.16. The maximum absolute atomic E-state index is 14.4. The molecule has 20 heteroatoms. The maximum atomic E-state index is 14.4. The highest BCUT2D eigenvalue weighted by Crippen LogP contribution is 2.37. The molecule has 0 radical (unpaired) electrons. The third-order valence-electron chi connectivity index (χ3n) is 12.2. The van der Waals surface area contributed by atoms with E-state index in [1.165, 1.54) is 12.1 Å². The van der Waals surface area contributed by atoms with Crippen LogP contribution < -0.4 is 30.1 Å². The fourth-order valence-electron chi connectivity index (χ4n) is 7.92. The largest absolute Gasteiger partial charge is 0.496 e. The number of halogens is 3. The molecule has 3 aliphatic rings. The van der Waals surface area contributed by atoms with Gasteiger partial charge in [-0.3, -0.25) is 13.8 Å². The third kappa shape index (κ3) is 9.70. The van der Waals surface area contributed by atoms with Gasteiger partial charge >= 0.3 is 7.12 Å². The van der Waals surface area contributed by atoms with Crippen LogP contribution in [0.5, 0.6) is 11.5 Å². The summed E-state index contributed by atoms with van der Waals surface area (Å²) in [6, 6.07) is 16.1. The molecule has 2 N–H and O–H groups in total. The highest BCUT2D eigenvalue weighted by Gasteiger charge is 2.52. The lowest BCUT2D eigenvalue weighted by Gasteiger charge is -2.32. The molecule has 2 aromatic carbocycles. The van der Waals surface area contributed by atoms with E-state index in [4.69, 9.17) is 18.8 Å². The number of pyridine rings is 2. The van der Waals surface area contributed by atoms with Gasteiger partial charge in [-0.15, -0.1) is 20.4 Å². The SMILES string of the molecule is C.C.C[n+]1ccccc1-c1cnc(NCc2c(F)ccc3c2CCO3)n2cnnc12.Cc1ncccc1B1OC(C)(C)C(C)(C)O1.Fc1ccc2c(c1CNc1ncc(Br)c3nncn13)CCO2. The Morgan fingerprint density at radius 1 is 0.735 bits per heavy atom. The summed E-state index contributed by atoms with van der Waals surface area (Å²) in [4.78, 5) is 13.1. The standard InChI is InChI=1S/C20H17FN6O.C14H11BrFN5O.C12H18BNO2.2CH4/c1-26-8-3-2-4-17(26)15-11-23-20(27-12-24-25-19(15)27)22-10-14-13-7-9-28-18(13)6-5-16(14)21;15-10-6-18-14(21-7-19-20-13(10)21)17-5-9-8-3-4-22-12(8)2-1-11(9)16;1-9-10(7-6-8-14-9)13-15-11(2,3)12(4,5)16-13;;/h2-6,8,11-12H,7,9-10H2,1H3;1-2,6-7H,3-5H2,(H,17,18);6-8H,1-5H3;2*1H4/p+1. The molecule has 16 nitrogen and oxygen atoms in total. The molecular formula is C48H55BBrF2N12O4+. The molecule has 354 valence electrons. The molecule has 0 spiro atoms. The van der Waals surface area contributed by atoms with Gasteiger partial charge in [0.15, 0.2) is 17.5 Å². The number of hydrogen-bond acceptors (Lipinski definition) is 13. The van der Waals surface area contributed by atoms with Crippen molar-refractivity contribution in [3.63, 3.8) is 0 Å². The van der Waals surface area contributed by atoms with Crippen molar-refractivity contribution in [1.82, 2.24) is 44.1 Å².